The van der Waals surface area contributed by atoms with Crippen molar-refractivity contribution in [2.45, 2.75) is 167 Å². The average molecular weight is 394 g/mol. The van der Waals surface area contributed by atoms with E-state index in [1.54, 1.807) is 0 Å². The number of hydrogen-bond donors (Lipinski definition) is 0. The zero-order valence-corrected chi connectivity index (χ0v) is 19.6. The Balaban J connectivity index is 2.97. The molecule has 0 spiro atoms. The summed E-state index contributed by atoms with van der Waals surface area (Å²) >= 11 is 0. The molecule has 0 unspecified atom stereocenters. The summed E-state index contributed by atoms with van der Waals surface area (Å²) in [6, 6.07) is 0. The van der Waals surface area contributed by atoms with Gasteiger partial charge in [-0.15, -0.1) is 0 Å². The van der Waals surface area contributed by atoms with Crippen molar-refractivity contribution in [3.05, 3.63) is 0 Å². The van der Waals surface area contributed by atoms with Crippen LogP contribution in [0, 0.1) is 0 Å². The van der Waals surface area contributed by atoms with Gasteiger partial charge in [-0.2, -0.15) is 0 Å². The second-order valence-electron chi connectivity index (χ2n) is 9.03. The van der Waals surface area contributed by atoms with Gasteiger partial charge in [0.2, 0.25) is 0 Å². The van der Waals surface area contributed by atoms with Crippen molar-refractivity contribution in [1.29, 1.82) is 0 Å². The number of carbonyl (C=O) groups excluding carboxylic acids is 1. The van der Waals surface area contributed by atoms with E-state index in [4.69, 9.17) is 0 Å². The molecule has 0 heterocycles. The van der Waals surface area contributed by atoms with Crippen molar-refractivity contribution in [1.82, 2.24) is 0 Å². The highest BCUT2D eigenvalue weighted by Crippen LogP contribution is 2.15. The molecule has 0 N–H and O–H groups in total. The molecule has 0 fully saturated rings. The van der Waals surface area contributed by atoms with Gasteiger partial charge in [-0.25, -0.2) is 0 Å². The smallest absolute Gasteiger partial charge is 0.198 e. The lowest BCUT2D eigenvalue weighted by Crippen LogP contribution is -1.84. The van der Waals surface area contributed by atoms with Crippen LogP contribution in [-0.4, -0.2) is 6.29 Å². The largest absolute Gasteiger partial charge is 0.291 e. The van der Waals surface area contributed by atoms with Crippen LogP contribution in [0.3, 0.4) is 0 Å². The van der Waals surface area contributed by atoms with Crippen molar-refractivity contribution >= 4 is 6.29 Å². The first kappa shape index (κ1) is 27.7. The first-order chi connectivity index (χ1) is 13.9. The molecule has 28 heavy (non-hydrogen) atoms. The molecule has 1 radical (unpaired) electrons. The van der Waals surface area contributed by atoms with Gasteiger partial charge in [0.25, 0.3) is 0 Å². The van der Waals surface area contributed by atoms with Gasteiger partial charge in [0.05, 0.1) is 0 Å². The SMILES string of the molecule is CCCCCCCCCCCCCCCCCCCCCCCCCC[C]=O. The lowest BCUT2D eigenvalue weighted by molar-refractivity contribution is 0.516. The topological polar surface area (TPSA) is 17.1 Å². The Bertz CT molecular complexity index is 273. The summed E-state index contributed by atoms with van der Waals surface area (Å²) in [7, 11) is 0. The van der Waals surface area contributed by atoms with Crippen molar-refractivity contribution in [2.75, 3.05) is 0 Å². The Labute approximate surface area is 178 Å². The quantitative estimate of drug-likeness (QED) is 0.141. The molecule has 0 aliphatic rings. The predicted octanol–water partition coefficient (Wildman–Crippen LogP) is 9.87. The maximum Gasteiger partial charge on any atom is 0.198 e. The molecule has 1 heteroatoms. The van der Waals surface area contributed by atoms with Crippen molar-refractivity contribution in [3.63, 3.8) is 0 Å². The zero-order chi connectivity index (χ0) is 20.4. The minimum Gasteiger partial charge on any atom is -0.291 e. The highest BCUT2D eigenvalue weighted by molar-refractivity contribution is 5.50. The van der Waals surface area contributed by atoms with E-state index in [2.05, 4.69) is 6.92 Å². The van der Waals surface area contributed by atoms with Crippen LogP contribution in [0.1, 0.15) is 167 Å². The van der Waals surface area contributed by atoms with Gasteiger partial charge in [0.1, 0.15) is 0 Å². The van der Waals surface area contributed by atoms with E-state index in [0.717, 1.165) is 6.42 Å². The molecular weight excluding hydrogens is 340 g/mol. The molecule has 0 saturated heterocycles. The molecule has 0 rings (SSSR count). The standard InChI is InChI=1S/C27H53O/c1-2-3-4-5-6-7-8-9-10-11-12-13-14-15-16-17-18-19-20-21-22-23-24-25-26-27-28/h2-26H2,1H3. The van der Waals surface area contributed by atoms with Crippen molar-refractivity contribution in [2.24, 2.45) is 0 Å². The third-order valence-electron chi connectivity index (χ3n) is 6.13. The fraction of sp³-hybridized carbons (Fsp3) is 0.963. The van der Waals surface area contributed by atoms with Crippen molar-refractivity contribution in [3.8, 4) is 0 Å². The van der Waals surface area contributed by atoms with Crippen LogP contribution >= 0.6 is 0 Å². The van der Waals surface area contributed by atoms with Crippen LogP contribution in [0.2, 0.25) is 0 Å². The summed E-state index contributed by atoms with van der Waals surface area (Å²) in [6.45, 7) is 2.30. The number of rotatable bonds is 25. The first-order valence-corrected chi connectivity index (χ1v) is 13.3. The van der Waals surface area contributed by atoms with Gasteiger partial charge >= 0.3 is 0 Å². The highest BCUT2D eigenvalue weighted by atomic mass is 16.1. The van der Waals surface area contributed by atoms with Gasteiger partial charge in [0, 0.05) is 6.42 Å². The van der Waals surface area contributed by atoms with Gasteiger partial charge in [-0.05, 0) is 6.42 Å². The summed E-state index contributed by atoms with van der Waals surface area (Å²) in [5.74, 6) is 0. The van der Waals surface area contributed by atoms with E-state index in [1.165, 1.54) is 148 Å². The maximum atomic E-state index is 10.1. The van der Waals surface area contributed by atoms with E-state index in [9.17, 15) is 4.79 Å². The number of hydrogen-bond acceptors (Lipinski definition) is 1. The molecule has 0 atom stereocenters. The van der Waals surface area contributed by atoms with Crippen LogP contribution in [0.5, 0.6) is 0 Å². The zero-order valence-electron chi connectivity index (χ0n) is 19.6. The molecule has 0 bridgehead atoms. The summed E-state index contributed by atoms with van der Waals surface area (Å²) in [6.07, 6.45) is 36.6. The minimum absolute atomic E-state index is 0.638. The average Bonchev–Trinajstić information content (AvgIpc) is 2.71. The molecule has 0 amide bonds. The van der Waals surface area contributed by atoms with Crippen LogP contribution < -0.4 is 0 Å². The van der Waals surface area contributed by atoms with E-state index in [1.807, 2.05) is 6.29 Å². The van der Waals surface area contributed by atoms with Crippen molar-refractivity contribution < 1.29 is 4.79 Å². The third-order valence-corrected chi connectivity index (χ3v) is 6.13. The Morgan fingerprint density at radius 2 is 0.571 bits per heavy atom. The normalized spacial score (nSPS) is 11.2. The van der Waals surface area contributed by atoms with Crippen LogP contribution in [0.4, 0.5) is 0 Å². The highest BCUT2D eigenvalue weighted by Gasteiger charge is 1.96. The van der Waals surface area contributed by atoms with Gasteiger partial charge in [0.15, 0.2) is 6.29 Å². The van der Waals surface area contributed by atoms with E-state index < -0.39 is 0 Å². The Kier molecular flexibility index (Phi) is 26.4. The predicted molar refractivity (Wildman–Crippen MR) is 127 cm³/mol. The first-order valence-electron chi connectivity index (χ1n) is 13.3. The molecular formula is C27H53O. The third kappa shape index (κ3) is 25.7. The summed E-state index contributed by atoms with van der Waals surface area (Å²) in [4.78, 5) is 10.1. The van der Waals surface area contributed by atoms with Crippen LogP contribution in [0.15, 0.2) is 0 Å². The molecule has 0 aromatic rings. The Hall–Kier alpha value is -0.330. The van der Waals surface area contributed by atoms with E-state index in [0.29, 0.717) is 6.42 Å². The second-order valence-corrected chi connectivity index (χ2v) is 9.03. The van der Waals surface area contributed by atoms with E-state index >= 15 is 0 Å². The number of unbranched alkanes of at least 4 members (excludes halogenated alkanes) is 24. The fourth-order valence-corrected chi connectivity index (χ4v) is 4.16. The molecule has 0 aliphatic carbocycles. The van der Waals surface area contributed by atoms with Gasteiger partial charge < -0.3 is 0 Å². The molecule has 0 aliphatic heterocycles. The minimum atomic E-state index is 0.638. The second kappa shape index (κ2) is 26.7. The molecule has 0 saturated carbocycles. The van der Waals surface area contributed by atoms with Gasteiger partial charge in [-0.1, -0.05) is 155 Å². The molecule has 1 nitrogen and oxygen atoms in total. The van der Waals surface area contributed by atoms with E-state index in [-0.39, 0.29) is 0 Å². The maximum absolute atomic E-state index is 10.1. The van der Waals surface area contributed by atoms with Crippen LogP contribution in [-0.2, 0) is 4.79 Å². The summed E-state index contributed by atoms with van der Waals surface area (Å²) in [5.41, 5.74) is 0. The molecule has 167 valence electrons. The Morgan fingerprint density at radius 1 is 0.357 bits per heavy atom. The monoisotopic (exact) mass is 393 g/mol. The molecule has 0 aromatic carbocycles. The van der Waals surface area contributed by atoms with Gasteiger partial charge in [-0.3, -0.25) is 4.79 Å². The lowest BCUT2D eigenvalue weighted by atomic mass is 10.0. The molecule has 0 aromatic heterocycles. The van der Waals surface area contributed by atoms with Crippen LogP contribution in [0.25, 0.3) is 0 Å². The fourth-order valence-electron chi connectivity index (χ4n) is 4.16. The summed E-state index contributed by atoms with van der Waals surface area (Å²) in [5, 5.41) is 0. The summed E-state index contributed by atoms with van der Waals surface area (Å²) < 4.78 is 0. The lowest BCUT2D eigenvalue weighted by Gasteiger charge is -2.04. The Morgan fingerprint density at radius 3 is 0.786 bits per heavy atom.